The van der Waals surface area contributed by atoms with Crippen molar-refractivity contribution in [3.8, 4) is 0 Å². The highest BCUT2D eigenvalue weighted by atomic mass is 16.5. The summed E-state index contributed by atoms with van der Waals surface area (Å²) in [4.78, 5) is 30.1. The number of carbonyl (C=O) groups excluding carboxylic acids is 2. The van der Waals surface area contributed by atoms with Crippen LogP contribution >= 0.6 is 0 Å². The Labute approximate surface area is 104 Å². The third-order valence-electron chi connectivity index (χ3n) is 4.16. The molecule has 3 aliphatic rings. The van der Waals surface area contributed by atoms with Gasteiger partial charge in [0.05, 0.1) is 24.0 Å². The Hall–Kier alpha value is -1.75. The van der Waals surface area contributed by atoms with Crippen molar-refractivity contribution < 1.29 is 14.3 Å². The molecule has 2 bridgehead atoms. The molecule has 3 fully saturated rings. The van der Waals surface area contributed by atoms with Crippen molar-refractivity contribution in [2.24, 2.45) is 11.8 Å². The number of hydrogen-bond donors (Lipinski definition) is 0. The second-order valence-corrected chi connectivity index (χ2v) is 5.04. The minimum Gasteiger partial charge on any atom is -0.373 e. The van der Waals surface area contributed by atoms with Crippen LogP contribution in [0.2, 0.25) is 0 Å². The Kier molecular flexibility index (Phi) is 1.92. The molecule has 1 aromatic heterocycles. The third-order valence-corrected chi connectivity index (χ3v) is 4.16. The van der Waals surface area contributed by atoms with Crippen molar-refractivity contribution in [1.82, 2.24) is 4.98 Å². The fourth-order valence-corrected chi connectivity index (χ4v) is 3.42. The summed E-state index contributed by atoms with van der Waals surface area (Å²) in [5, 5.41) is 0. The molecule has 4 heterocycles. The second kappa shape index (κ2) is 3.38. The van der Waals surface area contributed by atoms with Crippen LogP contribution in [0.3, 0.4) is 0 Å². The van der Waals surface area contributed by atoms with Crippen LogP contribution in [0.15, 0.2) is 24.4 Å². The van der Waals surface area contributed by atoms with E-state index in [4.69, 9.17) is 4.74 Å². The highest BCUT2D eigenvalue weighted by Crippen LogP contribution is 2.49. The number of ether oxygens (including phenoxy) is 1. The van der Waals surface area contributed by atoms with Gasteiger partial charge in [-0.3, -0.25) is 9.59 Å². The van der Waals surface area contributed by atoms with Gasteiger partial charge in [0.2, 0.25) is 11.8 Å². The number of nitrogens with zero attached hydrogens (tertiary/aromatic N) is 2. The van der Waals surface area contributed by atoms with E-state index in [0.717, 1.165) is 12.8 Å². The molecule has 92 valence electrons. The molecule has 4 rings (SSSR count). The molecule has 0 saturated carbocycles. The normalized spacial score (nSPS) is 37.4. The first-order valence-corrected chi connectivity index (χ1v) is 6.21. The zero-order chi connectivity index (χ0) is 12.3. The molecule has 2 amide bonds. The molecule has 0 unspecified atom stereocenters. The quantitative estimate of drug-likeness (QED) is 0.684. The van der Waals surface area contributed by atoms with Gasteiger partial charge in [-0.15, -0.1) is 0 Å². The molecule has 1 aromatic rings. The molecule has 3 aliphatic heterocycles. The number of aromatic nitrogens is 1. The molecular formula is C13H12N2O3. The summed E-state index contributed by atoms with van der Waals surface area (Å²) in [7, 11) is 0. The van der Waals surface area contributed by atoms with E-state index < -0.39 is 0 Å². The summed E-state index contributed by atoms with van der Waals surface area (Å²) in [5.74, 6) is -0.412. The summed E-state index contributed by atoms with van der Waals surface area (Å²) in [6.45, 7) is 0. The highest BCUT2D eigenvalue weighted by molar-refractivity contribution is 6.22. The average Bonchev–Trinajstić information content (AvgIpc) is 3.05. The first kappa shape index (κ1) is 10.2. The predicted molar refractivity (Wildman–Crippen MR) is 61.6 cm³/mol. The molecular weight excluding hydrogens is 232 g/mol. The maximum Gasteiger partial charge on any atom is 0.241 e. The van der Waals surface area contributed by atoms with Gasteiger partial charge in [-0.25, -0.2) is 9.88 Å². The van der Waals surface area contributed by atoms with Crippen LogP contribution in [0.25, 0.3) is 0 Å². The number of imide groups is 1. The molecule has 0 spiro atoms. The lowest BCUT2D eigenvalue weighted by molar-refractivity contribution is -0.124. The Morgan fingerprint density at radius 1 is 1.11 bits per heavy atom. The van der Waals surface area contributed by atoms with Crippen LogP contribution in [0.5, 0.6) is 0 Å². The van der Waals surface area contributed by atoms with Gasteiger partial charge in [-0.2, -0.15) is 0 Å². The Morgan fingerprint density at radius 2 is 1.78 bits per heavy atom. The maximum atomic E-state index is 12.4. The molecule has 0 radical (unpaired) electrons. The maximum absolute atomic E-state index is 12.4. The first-order chi connectivity index (χ1) is 8.77. The molecule has 0 aromatic carbocycles. The van der Waals surface area contributed by atoms with Gasteiger partial charge in [-0.1, -0.05) is 6.07 Å². The number of hydrogen-bond acceptors (Lipinski definition) is 4. The van der Waals surface area contributed by atoms with Gasteiger partial charge in [0.25, 0.3) is 0 Å². The van der Waals surface area contributed by atoms with Gasteiger partial charge < -0.3 is 4.74 Å². The number of fused-ring (bicyclic) bond motifs is 5. The van der Waals surface area contributed by atoms with Crippen molar-refractivity contribution in [3.05, 3.63) is 24.4 Å². The summed E-state index contributed by atoms with van der Waals surface area (Å²) >= 11 is 0. The Balaban J connectivity index is 1.76. The van der Waals surface area contributed by atoms with Gasteiger partial charge in [0.15, 0.2) is 0 Å². The van der Waals surface area contributed by atoms with E-state index >= 15 is 0 Å². The van der Waals surface area contributed by atoms with E-state index in [1.807, 2.05) is 0 Å². The van der Waals surface area contributed by atoms with Crippen molar-refractivity contribution in [2.75, 3.05) is 4.90 Å². The molecule has 18 heavy (non-hydrogen) atoms. The van der Waals surface area contributed by atoms with Gasteiger partial charge in [0.1, 0.15) is 5.82 Å². The van der Waals surface area contributed by atoms with E-state index in [1.54, 1.807) is 24.4 Å². The summed E-state index contributed by atoms with van der Waals surface area (Å²) in [5.41, 5.74) is 0. The fraction of sp³-hybridized carbons (Fsp3) is 0.462. The SMILES string of the molecule is O=C1[C@@H]2[C@@H](C(=O)N1c1ccccn1)[C@@H]1CC[C@@H]2O1. The van der Waals surface area contributed by atoms with Gasteiger partial charge in [-0.05, 0) is 25.0 Å². The summed E-state index contributed by atoms with van der Waals surface area (Å²) in [6.07, 6.45) is 3.24. The summed E-state index contributed by atoms with van der Waals surface area (Å²) < 4.78 is 5.68. The first-order valence-electron chi connectivity index (χ1n) is 6.21. The smallest absolute Gasteiger partial charge is 0.241 e. The fourth-order valence-electron chi connectivity index (χ4n) is 3.42. The number of rotatable bonds is 1. The van der Waals surface area contributed by atoms with Crippen molar-refractivity contribution in [2.45, 2.75) is 25.0 Å². The zero-order valence-corrected chi connectivity index (χ0v) is 9.65. The molecule has 5 heteroatoms. The standard InChI is InChI=1S/C13H12N2O3/c16-12-10-7-4-5-8(18-7)11(10)13(17)15(12)9-3-1-2-6-14-9/h1-3,6-8,10-11H,4-5H2/t7-,8-,10-,11-/m0/s1. The Bertz CT molecular complexity index is 502. The number of anilines is 1. The van der Waals surface area contributed by atoms with Crippen molar-refractivity contribution in [1.29, 1.82) is 0 Å². The molecule has 0 N–H and O–H groups in total. The second-order valence-electron chi connectivity index (χ2n) is 5.04. The van der Waals surface area contributed by atoms with Crippen LogP contribution in [-0.4, -0.2) is 29.0 Å². The average molecular weight is 244 g/mol. The van der Waals surface area contributed by atoms with E-state index in [0.29, 0.717) is 5.82 Å². The Morgan fingerprint density at radius 3 is 2.33 bits per heavy atom. The van der Waals surface area contributed by atoms with Gasteiger partial charge in [0, 0.05) is 6.20 Å². The molecule has 4 atom stereocenters. The lowest BCUT2D eigenvalue weighted by Crippen LogP contribution is -2.34. The minimum atomic E-state index is -0.279. The highest BCUT2D eigenvalue weighted by Gasteiger charge is 2.62. The van der Waals surface area contributed by atoms with E-state index in [-0.39, 0.29) is 35.9 Å². The lowest BCUT2D eigenvalue weighted by atomic mass is 9.81. The largest absolute Gasteiger partial charge is 0.373 e. The van der Waals surface area contributed by atoms with Crippen molar-refractivity contribution >= 4 is 17.6 Å². The monoisotopic (exact) mass is 244 g/mol. The van der Waals surface area contributed by atoms with Crippen LogP contribution < -0.4 is 4.90 Å². The van der Waals surface area contributed by atoms with Crippen LogP contribution in [-0.2, 0) is 14.3 Å². The van der Waals surface area contributed by atoms with Crippen LogP contribution in [0.1, 0.15) is 12.8 Å². The van der Waals surface area contributed by atoms with Crippen molar-refractivity contribution in [3.63, 3.8) is 0 Å². The topological polar surface area (TPSA) is 59.5 Å². The minimum absolute atomic E-state index is 0.0647. The number of carbonyl (C=O) groups is 2. The zero-order valence-electron chi connectivity index (χ0n) is 9.65. The number of pyridine rings is 1. The molecule has 3 saturated heterocycles. The van der Waals surface area contributed by atoms with Crippen LogP contribution in [0.4, 0.5) is 5.82 Å². The third kappa shape index (κ3) is 1.12. The van der Waals surface area contributed by atoms with E-state index in [9.17, 15) is 9.59 Å². The van der Waals surface area contributed by atoms with Crippen LogP contribution in [0, 0.1) is 11.8 Å². The predicted octanol–water partition coefficient (Wildman–Crippen LogP) is 0.748. The van der Waals surface area contributed by atoms with E-state index in [1.165, 1.54) is 4.90 Å². The molecule has 0 aliphatic carbocycles. The lowest BCUT2D eigenvalue weighted by Gasteiger charge is -2.15. The molecule has 5 nitrogen and oxygen atoms in total. The summed E-state index contributed by atoms with van der Waals surface area (Å²) in [6, 6.07) is 5.24. The van der Waals surface area contributed by atoms with Gasteiger partial charge >= 0.3 is 0 Å². The van der Waals surface area contributed by atoms with E-state index in [2.05, 4.69) is 4.98 Å². The number of amides is 2.